The summed E-state index contributed by atoms with van der Waals surface area (Å²) in [5.74, 6) is 0.00674. The highest BCUT2D eigenvalue weighted by Crippen LogP contribution is 2.30. The van der Waals surface area contributed by atoms with Gasteiger partial charge in [-0.25, -0.2) is 9.89 Å². The number of hydrogen-bond donors (Lipinski definition) is 1. The Morgan fingerprint density at radius 2 is 2.15 bits per heavy atom. The molecule has 0 fully saturated rings. The largest absolute Gasteiger partial charge is 0.344 e. The van der Waals surface area contributed by atoms with Gasteiger partial charge in [-0.3, -0.25) is 9.36 Å². The molecule has 5 nitrogen and oxygen atoms in total. The first-order valence-corrected chi connectivity index (χ1v) is 7.66. The number of aromatic amines is 1. The van der Waals surface area contributed by atoms with Gasteiger partial charge in [0, 0.05) is 21.0 Å². The van der Waals surface area contributed by atoms with Crippen molar-refractivity contribution in [2.24, 2.45) is 0 Å². The van der Waals surface area contributed by atoms with Crippen molar-refractivity contribution in [1.82, 2.24) is 14.8 Å². The molecule has 0 saturated carbocycles. The van der Waals surface area contributed by atoms with E-state index in [1.54, 1.807) is 10.6 Å². The molecular formula is C13H14BrN3O2S. The summed E-state index contributed by atoms with van der Waals surface area (Å²) in [6, 6.07) is 5.49. The summed E-state index contributed by atoms with van der Waals surface area (Å²) >= 11 is 4.76. The van der Waals surface area contributed by atoms with Crippen LogP contribution in [0, 0.1) is 0 Å². The first-order chi connectivity index (χ1) is 9.40. The lowest BCUT2D eigenvalue weighted by molar-refractivity contribution is 0.101. The Kier molecular flexibility index (Phi) is 4.49. The van der Waals surface area contributed by atoms with Crippen molar-refractivity contribution in [2.45, 2.75) is 36.9 Å². The topological polar surface area (TPSA) is 67.8 Å². The fourth-order valence-electron chi connectivity index (χ4n) is 1.77. The van der Waals surface area contributed by atoms with Crippen LogP contribution >= 0.6 is 27.7 Å². The van der Waals surface area contributed by atoms with Crippen LogP contribution in [0.4, 0.5) is 0 Å². The van der Waals surface area contributed by atoms with Crippen LogP contribution < -0.4 is 5.69 Å². The Morgan fingerprint density at radius 3 is 2.70 bits per heavy atom. The number of rotatable bonds is 4. The third-order valence-corrected chi connectivity index (χ3v) is 4.33. The number of H-pyrrole nitrogens is 1. The summed E-state index contributed by atoms with van der Waals surface area (Å²) in [4.78, 5) is 23.9. The quantitative estimate of drug-likeness (QED) is 0.854. The molecule has 0 aliphatic heterocycles. The molecule has 2 aromatic rings. The highest BCUT2D eigenvalue weighted by molar-refractivity contribution is 9.10. The number of nitrogens with one attached hydrogen (secondary N) is 1. The molecule has 0 aliphatic rings. The summed E-state index contributed by atoms with van der Waals surface area (Å²) in [5, 5.41) is 7.08. The molecule has 106 valence electrons. The summed E-state index contributed by atoms with van der Waals surface area (Å²) < 4.78 is 2.33. The van der Waals surface area contributed by atoms with E-state index in [1.807, 2.05) is 26.0 Å². The minimum Gasteiger partial charge on any atom is -0.294 e. The van der Waals surface area contributed by atoms with E-state index in [1.165, 1.54) is 18.7 Å². The van der Waals surface area contributed by atoms with Gasteiger partial charge in [-0.15, -0.1) is 5.10 Å². The molecular weight excluding hydrogens is 342 g/mol. The molecule has 0 spiro atoms. The molecule has 0 radical (unpaired) electrons. The van der Waals surface area contributed by atoms with E-state index >= 15 is 0 Å². The lowest BCUT2D eigenvalue weighted by atomic mass is 10.2. The summed E-state index contributed by atoms with van der Waals surface area (Å²) in [7, 11) is 0. The van der Waals surface area contributed by atoms with Crippen LogP contribution in [-0.2, 0) is 0 Å². The first-order valence-electron chi connectivity index (χ1n) is 6.05. The van der Waals surface area contributed by atoms with Crippen LogP contribution in [0.15, 0.2) is 37.5 Å². The van der Waals surface area contributed by atoms with Gasteiger partial charge in [-0.05, 0) is 50.7 Å². The van der Waals surface area contributed by atoms with Gasteiger partial charge in [0.1, 0.15) is 0 Å². The first kappa shape index (κ1) is 15.1. The number of Topliss-reactive ketones (excluding diaryl/α,β-unsaturated/α-hetero) is 1. The van der Waals surface area contributed by atoms with Crippen molar-refractivity contribution >= 4 is 33.5 Å². The van der Waals surface area contributed by atoms with Crippen LogP contribution in [0.2, 0.25) is 0 Å². The number of hydrogen-bond acceptors (Lipinski definition) is 4. The van der Waals surface area contributed by atoms with Crippen molar-refractivity contribution in [2.75, 3.05) is 0 Å². The highest BCUT2D eigenvalue weighted by Gasteiger charge is 2.14. The normalized spacial score (nSPS) is 11.1. The second-order valence-electron chi connectivity index (χ2n) is 4.57. The number of carbonyl (C=O) groups excluding carboxylic acids is 1. The van der Waals surface area contributed by atoms with E-state index in [0.29, 0.717) is 10.7 Å². The molecule has 0 amide bonds. The molecule has 0 saturated heterocycles. The van der Waals surface area contributed by atoms with Gasteiger partial charge >= 0.3 is 5.69 Å². The lowest BCUT2D eigenvalue weighted by Crippen LogP contribution is -2.19. The molecule has 0 unspecified atom stereocenters. The Balaban J connectivity index is 2.34. The maximum Gasteiger partial charge on any atom is 0.344 e. The second kappa shape index (κ2) is 5.97. The Labute approximate surface area is 128 Å². The summed E-state index contributed by atoms with van der Waals surface area (Å²) in [5.41, 5.74) is 0.416. The van der Waals surface area contributed by atoms with Crippen LogP contribution in [-0.4, -0.2) is 20.5 Å². The summed E-state index contributed by atoms with van der Waals surface area (Å²) in [6.45, 7) is 5.38. The fraction of sp³-hybridized carbons (Fsp3) is 0.308. The van der Waals surface area contributed by atoms with Crippen molar-refractivity contribution in [3.05, 3.63) is 38.7 Å². The molecule has 0 aliphatic carbocycles. The average molecular weight is 356 g/mol. The van der Waals surface area contributed by atoms with E-state index < -0.39 is 0 Å². The maximum atomic E-state index is 11.7. The van der Waals surface area contributed by atoms with Gasteiger partial charge in [0.2, 0.25) is 0 Å². The fourth-order valence-corrected chi connectivity index (χ4v) is 3.58. The number of aromatic nitrogens is 3. The van der Waals surface area contributed by atoms with Crippen molar-refractivity contribution < 1.29 is 4.79 Å². The second-order valence-corrected chi connectivity index (χ2v) is 6.47. The van der Waals surface area contributed by atoms with Gasteiger partial charge in [-0.2, -0.15) is 0 Å². The van der Waals surface area contributed by atoms with Crippen LogP contribution in [0.3, 0.4) is 0 Å². The van der Waals surface area contributed by atoms with Gasteiger partial charge in [0.05, 0.1) is 0 Å². The molecule has 7 heteroatoms. The number of ketones is 1. The smallest absolute Gasteiger partial charge is 0.294 e. The van der Waals surface area contributed by atoms with Gasteiger partial charge in [0.15, 0.2) is 10.9 Å². The molecule has 0 atom stereocenters. The third kappa shape index (κ3) is 3.04. The zero-order valence-electron chi connectivity index (χ0n) is 11.3. The Hall–Kier alpha value is -1.34. The van der Waals surface area contributed by atoms with Crippen molar-refractivity contribution in [3.8, 4) is 0 Å². The highest BCUT2D eigenvalue weighted by atomic mass is 79.9. The van der Waals surface area contributed by atoms with Gasteiger partial charge in [-0.1, -0.05) is 15.9 Å². The van der Waals surface area contributed by atoms with E-state index in [-0.39, 0.29) is 17.5 Å². The predicted molar refractivity (Wildman–Crippen MR) is 81.5 cm³/mol. The Morgan fingerprint density at radius 1 is 1.45 bits per heavy atom. The number of benzene rings is 1. The monoisotopic (exact) mass is 355 g/mol. The zero-order valence-corrected chi connectivity index (χ0v) is 13.7. The van der Waals surface area contributed by atoms with E-state index in [2.05, 4.69) is 26.1 Å². The molecule has 1 N–H and O–H groups in total. The van der Waals surface area contributed by atoms with E-state index in [0.717, 1.165) is 9.37 Å². The van der Waals surface area contributed by atoms with E-state index in [9.17, 15) is 9.59 Å². The van der Waals surface area contributed by atoms with Gasteiger partial charge < -0.3 is 0 Å². The number of carbonyl (C=O) groups is 1. The molecule has 20 heavy (non-hydrogen) atoms. The van der Waals surface area contributed by atoms with Crippen LogP contribution in [0.5, 0.6) is 0 Å². The zero-order chi connectivity index (χ0) is 14.9. The molecule has 0 bridgehead atoms. The average Bonchev–Trinajstić information content (AvgIpc) is 2.70. The summed E-state index contributed by atoms with van der Waals surface area (Å²) in [6.07, 6.45) is 0. The Bertz CT molecular complexity index is 706. The minimum atomic E-state index is -0.220. The number of nitrogens with zero attached hydrogens (tertiary/aromatic N) is 2. The molecule has 1 heterocycles. The lowest BCUT2D eigenvalue weighted by Gasteiger charge is -2.09. The maximum absolute atomic E-state index is 11.7. The molecule has 2 rings (SSSR count). The SMILES string of the molecule is CC(=O)c1ccc(Sc2n[nH]c(=O)n2C(C)C)cc1Br. The van der Waals surface area contributed by atoms with Crippen LogP contribution in [0.25, 0.3) is 0 Å². The number of halogens is 1. The molecule has 1 aromatic carbocycles. The van der Waals surface area contributed by atoms with Crippen LogP contribution in [0.1, 0.15) is 37.2 Å². The predicted octanol–water partition coefficient (Wildman–Crippen LogP) is 3.27. The molecule has 1 aromatic heterocycles. The van der Waals surface area contributed by atoms with E-state index in [4.69, 9.17) is 0 Å². The van der Waals surface area contributed by atoms with Crippen molar-refractivity contribution in [3.63, 3.8) is 0 Å². The van der Waals surface area contributed by atoms with Gasteiger partial charge in [0.25, 0.3) is 0 Å². The standard InChI is InChI=1S/C13H14BrN3O2S/c1-7(2)17-12(19)15-16-13(17)20-9-4-5-10(8(3)18)11(14)6-9/h4-7H,1-3H3,(H,15,19). The van der Waals surface area contributed by atoms with Crippen molar-refractivity contribution in [1.29, 1.82) is 0 Å². The third-order valence-electron chi connectivity index (χ3n) is 2.72. The minimum absolute atomic E-state index is 0.00674.